The van der Waals surface area contributed by atoms with E-state index in [9.17, 15) is 9.59 Å². The first-order chi connectivity index (χ1) is 12.6. The molecule has 0 radical (unpaired) electrons. The SMILES string of the molecule is CCCCOc1ccc(NC(=O)CNc2cccc(NC(C)=O)c2)cc1. The van der Waals surface area contributed by atoms with Crippen LogP contribution in [0.2, 0.25) is 0 Å². The van der Waals surface area contributed by atoms with Gasteiger partial charge in [-0.1, -0.05) is 19.4 Å². The molecule has 0 aliphatic heterocycles. The van der Waals surface area contributed by atoms with Crippen molar-refractivity contribution in [1.82, 2.24) is 0 Å². The van der Waals surface area contributed by atoms with Crippen LogP contribution in [0.15, 0.2) is 48.5 Å². The van der Waals surface area contributed by atoms with Gasteiger partial charge in [-0.2, -0.15) is 0 Å². The number of anilines is 3. The third-order valence-corrected chi connectivity index (χ3v) is 3.54. The number of carbonyl (C=O) groups excluding carboxylic acids is 2. The molecule has 0 heterocycles. The fraction of sp³-hybridized carbons (Fsp3) is 0.300. The van der Waals surface area contributed by atoms with Crippen molar-refractivity contribution in [2.45, 2.75) is 26.7 Å². The second kappa shape index (κ2) is 10.1. The molecule has 6 heteroatoms. The van der Waals surface area contributed by atoms with Gasteiger partial charge < -0.3 is 20.7 Å². The van der Waals surface area contributed by atoms with Crippen LogP contribution in [0.5, 0.6) is 5.75 Å². The summed E-state index contributed by atoms with van der Waals surface area (Å²) >= 11 is 0. The number of hydrogen-bond donors (Lipinski definition) is 3. The predicted octanol–water partition coefficient (Wildman–Crippen LogP) is 3.87. The maximum absolute atomic E-state index is 12.1. The molecule has 0 spiro atoms. The Morgan fingerprint density at radius 3 is 2.38 bits per heavy atom. The molecule has 2 rings (SSSR count). The van der Waals surface area contributed by atoms with E-state index in [-0.39, 0.29) is 18.4 Å². The lowest BCUT2D eigenvalue weighted by Gasteiger charge is -2.10. The number of amides is 2. The van der Waals surface area contributed by atoms with Gasteiger partial charge in [0, 0.05) is 24.0 Å². The topological polar surface area (TPSA) is 79.5 Å². The molecule has 26 heavy (non-hydrogen) atoms. The van der Waals surface area contributed by atoms with Crippen LogP contribution >= 0.6 is 0 Å². The molecule has 0 aliphatic carbocycles. The first-order valence-electron chi connectivity index (χ1n) is 8.71. The van der Waals surface area contributed by atoms with Crippen molar-refractivity contribution in [3.05, 3.63) is 48.5 Å². The summed E-state index contributed by atoms with van der Waals surface area (Å²) in [5.41, 5.74) is 2.15. The first-order valence-corrected chi connectivity index (χ1v) is 8.71. The minimum atomic E-state index is -0.158. The summed E-state index contributed by atoms with van der Waals surface area (Å²) in [5.74, 6) is 0.501. The average Bonchev–Trinajstić information content (AvgIpc) is 2.61. The van der Waals surface area contributed by atoms with Crippen LogP contribution in [0.25, 0.3) is 0 Å². The number of carbonyl (C=O) groups is 2. The third-order valence-electron chi connectivity index (χ3n) is 3.54. The molecule has 138 valence electrons. The quantitative estimate of drug-likeness (QED) is 0.597. The summed E-state index contributed by atoms with van der Waals surface area (Å²) in [6.45, 7) is 4.39. The fourth-order valence-corrected chi connectivity index (χ4v) is 2.27. The van der Waals surface area contributed by atoms with E-state index in [0.29, 0.717) is 18.0 Å². The normalized spacial score (nSPS) is 10.1. The van der Waals surface area contributed by atoms with Crippen molar-refractivity contribution in [1.29, 1.82) is 0 Å². The predicted molar refractivity (Wildman–Crippen MR) is 105 cm³/mol. The molecule has 2 aromatic carbocycles. The maximum atomic E-state index is 12.1. The number of unbranched alkanes of at least 4 members (excludes halogenated alkanes) is 1. The molecular weight excluding hydrogens is 330 g/mol. The van der Waals surface area contributed by atoms with Gasteiger partial charge in [-0.25, -0.2) is 0 Å². The lowest BCUT2D eigenvalue weighted by Crippen LogP contribution is -2.21. The standard InChI is InChI=1S/C20H25N3O3/c1-3-4-12-26-19-10-8-16(9-11-19)23-20(25)14-21-17-6-5-7-18(13-17)22-15(2)24/h5-11,13,21H,3-4,12,14H2,1-2H3,(H,22,24)(H,23,25). The fourth-order valence-electron chi connectivity index (χ4n) is 2.27. The lowest BCUT2D eigenvalue weighted by molar-refractivity contribution is -0.115. The van der Waals surface area contributed by atoms with Gasteiger partial charge in [-0.15, -0.1) is 0 Å². The molecular formula is C20H25N3O3. The van der Waals surface area contributed by atoms with E-state index < -0.39 is 0 Å². The maximum Gasteiger partial charge on any atom is 0.243 e. The molecule has 0 unspecified atom stereocenters. The van der Waals surface area contributed by atoms with Crippen LogP contribution in [-0.4, -0.2) is 25.0 Å². The smallest absolute Gasteiger partial charge is 0.243 e. The van der Waals surface area contributed by atoms with Crippen LogP contribution in [0.3, 0.4) is 0 Å². The second-order valence-electron chi connectivity index (χ2n) is 5.89. The minimum absolute atomic E-state index is 0.123. The Balaban J connectivity index is 1.80. The van der Waals surface area contributed by atoms with Crippen LogP contribution in [0.1, 0.15) is 26.7 Å². The van der Waals surface area contributed by atoms with Gasteiger partial charge in [0.25, 0.3) is 0 Å². The van der Waals surface area contributed by atoms with Gasteiger partial charge in [0.15, 0.2) is 0 Å². The van der Waals surface area contributed by atoms with Crippen molar-refractivity contribution < 1.29 is 14.3 Å². The molecule has 0 fully saturated rings. The van der Waals surface area contributed by atoms with E-state index >= 15 is 0 Å². The highest BCUT2D eigenvalue weighted by Crippen LogP contribution is 2.17. The molecule has 0 saturated carbocycles. The Hall–Kier alpha value is -3.02. The van der Waals surface area contributed by atoms with Crippen LogP contribution in [-0.2, 0) is 9.59 Å². The average molecular weight is 355 g/mol. The molecule has 0 aliphatic rings. The first kappa shape index (κ1) is 19.3. The van der Waals surface area contributed by atoms with E-state index in [1.54, 1.807) is 12.1 Å². The largest absolute Gasteiger partial charge is 0.494 e. The molecule has 2 amide bonds. The summed E-state index contributed by atoms with van der Waals surface area (Å²) in [4.78, 5) is 23.2. The Bertz CT molecular complexity index is 729. The minimum Gasteiger partial charge on any atom is -0.494 e. The Kier molecular flexibility index (Phi) is 7.49. The van der Waals surface area contributed by atoms with Gasteiger partial charge in [0.2, 0.25) is 11.8 Å². The van der Waals surface area contributed by atoms with Crippen molar-refractivity contribution in [3.8, 4) is 5.75 Å². The van der Waals surface area contributed by atoms with Crippen LogP contribution < -0.4 is 20.7 Å². The van der Waals surface area contributed by atoms with Crippen LogP contribution in [0, 0.1) is 0 Å². The number of rotatable bonds is 9. The zero-order valence-electron chi connectivity index (χ0n) is 15.2. The van der Waals surface area contributed by atoms with E-state index in [0.717, 1.165) is 24.3 Å². The molecule has 0 atom stereocenters. The van der Waals surface area contributed by atoms with Crippen molar-refractivity contribution >= 4 is 28.9 Å². The van der Waals surface area contributed by atoms with Gasteiger partial charge >= 0.3 is 0 Å². The van der Waals surface area contributed by atoms with Crippen molar-refractivity contribution in [3.63, 3.8) is 0 Å². The highest BCUT2D eigenvalue weighted by Gasteiger charge is 2.04. The molecule has 6 nitrogen and oxygen atoms in total. The van der Waals surface area contributed by atoms with Gasteiger partial charge in [-0.3, -0.25) is 9.59 Å². The summed E-state index contributed by atoms with van der Waals surface area (Å²) < 4.78 is 5.60. The van der Waals surface area contributed by atoms with Gasteiger partial charge in [-0.05, 0) is 48.9 Å². The summed E-state index contributed by atoms with van der Waals surface area (Å²) in [6, 6.07) is 14.5. The zero-order valence-corrected chi connectivity index (χ0v) is 15.2. The Morgan fingerprint density at radius 2 is 1.69 bits per heavy atom. The Labute approximate surface area is 153 Å². The second-order valence-corrected chi connectivity index (χ2v) is 5.89. The molecule has 0 saturated heterocycles. The molecule has 2 aromatic rings. The number of benzene rings is 2. The number of ether oxygens (including phenoxy) is 1. The summed E-state index contributed by atoms with van der Waals surface area (Å²) in [5, 5.41) is 8.57. The number of hydrogen-bond acceptors (Lipinski definition) is 4. The van der Waals surface area contributed by atoms with E-state index in [1.807, 2.05) is 36.4 Å². The highest BCUT2D eigenvalue weighted by molar-refractivity contribution is 5.94. The van der Waals surface area contributed by atoms with E-state index in [2.05, 4.69) is 22.9 Å². The zero-order chi connectivity index (χ0) is 18.8. The highest BCUT2D eigenvalue weighted by atomic mass is 16.5. The Morgan fingerprint density at radius 1 is 0.962 bits per heavy atom. The van der Waals surface area contributed by atoms with Crippen LogP contribution in [0.4, 0.5) is 17.1 Å². The van der Waals surface area contributed by atoms with E-state index in [1.165, 1.54) is 6.92 Å². The lowest BCUT2D eigenvalue weighted by atomic mass is 10.2. The van der Waals surface area contributed by atoms with Crippen molar-refractivity contribution in [2.75, 3.05) is 29.1 Å². The van der Waals surface area contributed by atoms with E-state index in [4.69, 9.17) is 4.74 Å². The number of nitrogens with one attached hydrogen (secondary N) is 3. The molecule has 0 bridgehead atoms. The summed E-state index contributed by atoms with van der Waals surface area (Å²) in [7, 11) is 0. The monoisotopic (exact) mass is 355 g/mol. The van der Waals surface area contributed by atoms with Gasteiger partial charge in [0.1, 0.15) is 5.75 Å². The summed E-state index contributed by atoms with van der Waals surface area (Å²) in [6.07, 6.45) is 2.11. The van der Waals surface area contributed by atoms with Crippen molar-refractivity contribution in [2.24, 2.45) is 0 Å². The van der Waals surface area contributed by atoms with Gasteiger partial charge in [0.05, 0.1) is 13.2 Å². The third kappa shape index (κ3) is 6.84. The molecule has 0 aromatic heterocycles. The molecule has 3 N–H and O–H groups in total.